The van der Waals surface area contributed by atoms with E-state index in [2.05, 4.69) is 30.6 Å². The van der Waals surface area contributed by atoms with E-state index in [0.717, 1.165) is 33.8 Å². The van der Waals surface area contributed by atoms with E-state index in [4.69, 9.17) is 0 Å². The molecule has 6 nitrogen and oxygen atoms in total. The smallest absolute Gasteiger partial charge is 0.136 e. The second kappa shape index (κ2) is 7.14. The molecule has 6 heteroatoms. The molecular weight excluding hydrogens is 324 g/mol. The first-order valence-corrected chi connectivity index (χ1v) is 8.37. The number of aromatic nitrogens is 4. The minimum atomic E-state index is 0.675. The normalized spacial score (nSPS) is 10.7. The zero-order chi connectivity index (χ0) is 17.8. The Labute approximate surface area is 151 Å². The van der Waals surface area contributed by atoms with Gasteiger partial charge in [-0.25, -0.2) is 9.97 Å². The van der Waals surface area contributed by atoms with E-state index in [1.807, 2.05) is 55.5 Å². The summed E-state index contributed by atoms with van der Waals surface area (Å²) in [5, 5.41) is 7.78. The zero-order valence-corrected chi connectivity index (χ0v) is 14.3. The zero-order valence-electron chi connectivity index (χ0n) is 14.3. The molecule has 0 saturated heterocycles. The van der Waals surface area contributed by atoms with Crippen molar-refractivity contribution in [3.63, 3.8) is 0 Å². The highest BCUT2D eigenvalue weighted by molar-refractivity contribution is 5.91. The van der Waals surface area contributed by atoms with Gasteiger partial charge in [-0.1, -0.05) is 18.2 Å². The van der Waals surface area contributed by atoms with E-state index in [1.54, 1.807) is 18.6 Å². The van der Waals surface area contributed by atoms with Crippen LogP contribution in [0.3, 0.4) is 0 Å². The van der Waals surface area contributed by atoms with Gasteiger partial charge in [-0.05, 0) is 36.8 Å². The van der Waals surface area contributed by atoms with E-state index in [1.165, 1.54) is 0 Å². The van der Waals surface area contributed by atoms with Crippen LogP contribution in [-0.2, 0) is 6.54 Å². The molecule has 26 heavy (non-hydrogen) atoms. The maximum absolute atomic E-state index is 4.49. The lowest BCUT2D eigenvalue weighted by atomic mass is 10.2. The van der Waals surface area contributed by atoms with Crippen molar-refractivity contribution in [3.05, 3.63) is 78.5 Å². The Morgan fingerprint density at radius 3 is 2.58 bits per heavy atom. The summed E-state index contributed by atoms with van der Waals surface area (Å²) in [7, 11) is 0. The van der Waals surface area contributed by atoms with Crippen LogP contribution in [0.15, 0.2) is 67.1 Å². The van der Waals surface area contributed by atoms with Crippen LogP contribution in [0.5, 0.6) is 0 Å². The first-order valence-electron chi connectivity index (χ1n) is 8.37. The van der Waals surface area contributed by atoms with Crippen molar-refractivity contribution in [2.45, 2.75) is 13.5 Å². The first kappa shape index (κ1) is 16.0. The molecule has 0 amide bonds. The van der Waals surface area contributed by atoms with Gasteiger partial charge in [-0.3, -0.25) is 9.97 Å². The van der Waals surface area contributed by atoms with E-state index in [9.17, 15) is 0 Å². The second-order valence-corrected chi connectivity index (χ2v) is 5.90. The Morgan fingerprint density at radius 1 is 0.885 bits per heavy atom. The minimum Gasteiger partial charge on any atom is -0.366 e. The first-order chi connectivity index (χ1) is 12.8. The summed E-state index contributed by atoms with van der Waals surface area (Å²) in [6, 6.07) is 15.9. The summed E-state index contributed by atoms with van der Waals surface area (Å²) in [6.45, 7) is 2.55. The molecule has 3 aromatic heterocycles. The number of benzene rings is 1. The number of anilines is 3. The van der Waals surface area contributed by atoms with Gasteiger partial charge in [0.15, 0.2) is 0 Å². The summed E-state index contributed by atoms with van der Waals surface area (Å²) >= 11 is 0. The molecule has 4 rings (SSSR count). The largest absolute Gasteiger partial charge is 0.366 e. The Hall–Kier alpha value is -3.54. The SMILES string of the molecule is Cc1nc(NCc2ccncc2)cc(Nc2cccc3cccnc23)n1. The van der Waals surface area contributed by atoms with Gasteiger partial charge in [0.1, 0.15) is 17.5 Å². The van der Waals surface area contributed by atoms with Gasteiger partial charge in [0, 0.05) is 36.6 Å². The molecule has 0 bridgehead atoms. The monoisotopic (exact) mass is 342 g/mol. The lowest BCUT2D eigenvalue weighted by Gasteiger charge is -2.11. The molecule has 0 aliphatic heterocycles. The Kier molecular flexibility index (Phi) is 4.38. The molecule has 0 saturated carbocycles. The van der Waals surface area contributed by atoms with Gasteiger partial charge in [0.05, 0.1) is 11.2 Å². The highest BCUT2D eigenvalue weighted by Gasteiger charge is 2.06. The van der Waals surface area contributed by atoms with Crippen LogP contribution in [0, 0.1) is 6.92 Å². The topological polar surface area (TPSA) is 75.6 Å². The lowest BCUT2D eigenvalue weighted by molar-refractivity contribution is 1.02. The number of pyridine rings is 2. The average molecular weight is 342 g/mol. The van der Waals surface area contributed by atoms with Gasteiger partial charge >= 0.3 is 0 Å². The highest BCUT2D eigenvalue weighted by atomic mass is 15.1. The molecule has 0 spiro atoms. The number of nitrogens with zero attached hydrogens (tertiary/aromatic N) is 4. The molecule has 0 fully saturated rings. The van der Waals surface area contributed by atoms with E-state index >= 15 is 0 Å². The van der Waals surface area contributed by atoms with Crippen LogP contribution in [-0.4, -0.2) is 19.9 Å². The standard InChI is InChI=1S/C20H18N6/c1-14-24-18(23-13-15-7-10-21-11-8-15)12-19(25-14)26-17-6-2-4-16-5-3-9-22-20(16)17/h2-12H,13H2,1H3,(H2,23,24,25,26). The number of nitrogens with one attached hydrogen (secondary N) is 2. The Bertz CT molecular complexity index is 1030. The molecule has 128 valence electrons. The van der Waals surface area contributed by atoms with E-state index < -0.39 is 0 Å². The maximum atomic E-state index is 4.49. The summed E-state index contributed by atoms with van der Waals surface area (Å²) in [5.41, 5.74) is 2.97. The van der Waals surface area contributed by atoms with Crippen LogP contribution >= 0.6 is 0 Å². The van der Waals surface area contributed by atoms with Crippen molar-refractivity contribution < 1.29 is 0 Å². The third kappa shape index (κ3) is 3.59. The Balaban J connectivity index is 1.58. The molecule has 0 radical (unpaired) electrons. The van der Waals surface area contributed by atoms with Crippen molar-refractivity contribution in [2.75, 3.05) is 10.6 Å². The molecule has 0 unspecified atom stereocenters. The molecule has 4 aromatic rings. The molecule has 0 aliphatic carbocycles. The van der Waals surface area contributed by atoms with Crippen LogP contribution in [0.25, 0.3) is 10.9 Å². The minimum absolute atomic E-state index is 0.675. The van der Waals surface area contributed by atoms with Gasteiger partial charge in [0.2, 0.25) is 0 Å². The number of aryl methyl sites for hydroxylation is 1. The summed E-state index contributed by atoms with van der Waals surface area (Å²) in [4.78, 5) is 17.5. The Morgan fingerprint density at radius 2 is 1.69 bits per heavy atom. The maximum Gasteiger partial charge on any atom is 0.136 e. The van der Waals surface area contributed by atoms with Crippen molar-refractivity contribution in [1.29, 1.82) is 0 Å². The third-order valence-corrected chi connectivity index (χ3v) is 3.96. The van der Waals surface area contributed by atoms with Crippen LogP contribution in [0.1, 0.15) is 11.4 Å². The number of fused-ring (bicyclic) bond motifs is 1. The van der Waals surface area contributed by atoms with Gasteiger partial charge in [0.25, 0.3) is 0 Å². The summed E-state index contributed by atoms with van der Waals surface area (Å²) in [5.74, 6) is 2.19. The number of hydrogen-bond donors (Lipinski definition) is 2. The lowest BCUT2D eigenvalue weighted by Crippen LogP contribution is -2.05. The van der Waals surface area contributed by atoms with Crippen LogP contribution in [0.4, 0.5) is 17.3 Å². The molecular formula is C20H18N6. The fourth-order valence-corrected chi connectivity index (χ4v) is 2.76. The number of para-hydroxylation sites is 1. The van der Waals surface area contributed by atoms with Crippen molar-refractivity contribution >= 4 is 28.2 Å². The highest BCUT2D eigenvalue weighted by Crippen LogP contribution is 2.24. The van der Waals surface area contributed by atoms with Crippen molar-refractivity contribution in [1.82, 2.24) is 19.9 Å². The van der Waals surface area contributed by atoms with Gasteiger partial charge in [-0.15, -0.1) is 0 Å². The quantitative estimate of drug-likeness (QED) is 0.569. The average Bonchev–Trinajstić information content (AvgIpc) is 2.67. The molecule has 0 atom stereocenters. The van der Waals surface area contributed by atoms with E-state index in [0.29, 0.717) is 12.4 Å². The second-order valence-electron chi connectivity index (χ2n) is 5.90. The predicted molar refractivity (Wildman–Crippen MR) is 103 cm³/mol. The molecule has 1 aromatic carbocycles. The third-order valence-electron chi connectivity index (χ3n) is 3.96. The fraction of sp³-hybridized carbons (Fsp3) is 0.100. The van der Waals surface area contributed by atoms with E-state index in [-0.39, 0.29) is 0 Å². The summed E-state index contributed by atoms with van der Waals surface area (Å²) in [6.07, 6.45) is 5.35. The molecule has 2 N–H and O–H groups in total. The number of rotatable bonds is 5. The van der Waals surface area contributed by atoms with Crippen molar-refractivity contribution in [2.24, 2.45) is 0 Å². The van der Waals surface area contributed by atoms with Crippen LogP contribution in [0.2, 0.25) is 0 Å². The number of hydrogen-bond acceptors (Lipinski definition) is 6. The van der Waals surface area contributed by atoms with Gasteiger partial charge < -0.3 is 10.6 Å². The molecule has 3 heterocycles. The fourth-order valence-electron chi connectivity index (χ4n) is 2.76. The van der Waals surface area contributed by atoms with Gasteiger partial charge in [-0.2, -0.15) is 0 Å². The predicted octanol–water partition coefficient (Wildman–Crippen LogP) is 4.08. The van der Waals surface area contributed by atoms with Crippen LogP contribution < -0.4 is 10.6 Å². The summed E-state index contributed by atoms with van der Waals surface area (Å²) < 4.78 is 0. The molecule has 0 aliphatic rings. The van der Waals surface area contributed by atoms with Crippen molar-refractivity contribution in [3.8, 4) is 0 Å².